The first-order chi connectivity index (χ1) is 8.00. The Balaban J connectivity index is 2.17. The third-order valence-electron chi connectivity index (χ3n) is 2.90. The molecule has 17 heavy (non-hydrogen) atoms. The van der Waals surface area contributed by atoms with E-state index in [0.717, 1.165) is 37.0 Å². The van der Waals surface area contributed by atoms with Crippen LogP contribution in [0, 0.1) is 5.92 Å². The fraction of sp³-hybridized carbons (Fsp3) is 0.545. The Bertz CT molecular complexity index is 395. The molecule has 1 fully saturated rings. The van der Waals surface area contributed by atoms with Crippen LogP contribution >= 0.6 is 15.9 Å². The Kier molecular flexibility index (Phi) is 3.61. The van der Waals surface area contributed by atoms with Gasteiger partial charge in [0.15, 0.2) is 0 Å². The molecular formula is C11H12BrF3N2. The van der Waals surface area contributed by atoms with Gasteiger partial charge in [-0.3, -0.25) is 0 Å². The third-order valence-corrected chi connectivity index (χ3v) is 3.82. The average molecular weight is 309 g/mol. The van der Waals surface area contributed by atoms with Crippen molar-refractivity contribution >= 4 is 21.7 Å². The predicted octanol–water partition coefficient (Wildman–Crippen LogP) is 3.32. The Labute approximate surface area is 106 Å². The highest BCUT2D eigenvalue weighted by atomic mass is 79.9. The van der Waals surface area contributed by atoms with Crippen LogP contribution in [0.5, 0.6) is 0 Å². The van der Waals surface area contributed by atoms with Gasteiger partial charge in [0.1, 0.15) is 5.82 Å². The predicted molar refractivity (Wildman–Crippen MR) is 63.4 cm³/mol. The molecule has 0 saturated carbocycles. The lowest BCUT2D eigenvalue weighted by molar-refractivity contribution is -0.137. The number of hydrogen-bond acceptors (Lipinski definition) is 2. The van der Waals surface area contributed by atoms with Gasteiger partial charge >= 0.3 is 6.18 Å². The standard InChI is InChI=1S/C11H12BrF3N2/c12-6-8-2-4-17(7-8)10-5-9(1-3-16-10)11(13,14)15/h1,3,5,8H,2,4,6-7H2. The number of pyridine rings is 1. The molecule has 0 radical (unpaired) electrons. The van der Waals surface area contributed by atoms with Crippen LogP contribution < -0.4 is 4.90 Å². The van der Waals surface area contributed by atoms with Gasteiger partial charge in [-0.05, 0) is 24.5 Å². The molecule has 94 valence electrons. The van der Waals surface area contributed by atoms with E-state index >= 15 is 0 Å². The summed E-state index contributed by atoms with van der Waals surface area (Å²) in [7, 11) is 0. The number of halogens is 4. The molecular weight excluding hydrogens is 297 g/mol. The van der Waals surface area contributed by atoms with E-state index in [4.69, 9.17) is 0 Å². The Morgan fingerprint density at radius 3 is 2.82 bits per heavy atom. The largest absolute Gasteiger partial charge is 0.416 e. The maximum Gasteiger partial charge on any atom is 0.416 e. The maximum absolute atomic E-state index is 12.5. The van der Waals surface area contributed by atoms with Gasteiger partial charge in [-0.2, -0.15) is 13.2 Å². The van der Waals surface area contributed by atoms with Crippen molar-refractivity contribution in [3.8, 4) is 0 Å². The first kappa shape index (κ1) is 12.7. The van der Waals surface area contributed by atoms with Crippen LogP contribution in [0.1, 0.15) is 12.0 Å². The lowest BCUT2D eigenvalue weighted by Crippen LogP contribution is -2.21. The quantitative estimate of drug-likeness (QED) is 0.779. The van der Waals surface area contributed by atoms with Crippen LogP contribution in [-0.4, -0.2) is 23.4 Å². The molecule has 2 heterocycles. The highest BCUT2D eigenvalue weighted by Gasteiger charge is 2.32. The molecule has 1 unspecified atom stereocenters. The van der Waals surface area contributed by atoms with E-state index in [2.05, 4.69) is 20.9 Å². The summed E-state index contributed by atoms with van der Waals surface area (Å²) in [5.74, 6) is 0.912. The molecule has 1 aliphatic rings. The van der Waals surface area contributed by atoms with Gasteiger partial charge in [0, 0.05) is 24.6 Å². The fourth-order valence-corrected chi connectivity index (χ4v) is 2.46. The Morgan fingerprint density at radius 2 is 2.24 bits per heavy atom. The molecule has 0 spiro atoms. The molecule has 6 heteroatoms. The van der Waals surface area contributed by atoms with Crippen molar-refractivity contribution in [3.05, 3.63) is 23.9 Å². The average Bonchev–Trinajstić information content (AvgIpc) is 2.76. The molecule has 0 aromatic carbocycles. The minimum atomic E-state index is -4.30. The highest BCUT2D eigenvalue weighted by molar-refractivity contribution is 9.09. The Hall–Kier alpha value is -0.780. The summed E-state index contributed by atoms with van der Waals surface area (Å²) in [5.41, 5.74) is -0.634. The van der Waals surface area contributed by atoms with Crippen molar-refractivity contribution in [2.75, 3.05) is 23.3 Å². The van der Waals surface area contributed by atoms with E-state index in [1.807, 2.05) is 4.90 Å². The van der Waals surface area contributed by atoms with Crippen LogP contribution in [0.2, 0.25) is 0 Å². The normalized spacial score (nSPS) is 20.9. The summed E-state index contributed by atoms with van der Waals surface area (Å²) in [4.78, 5) is 5.92. The van der Waals surface area contributed by atoms with Crippen molar-refractivity contribution in [1.82, 2.24) is 4.98 Å². The van der Waals surface area contributed by atoms with Crippen molar-refractivity contribution in [3.63, 3.8) is 0 Å². The molecule has 1 aliphatic heterocycles. The van der Waals surface area contributed by atoms with Crippen molar-refractivity contribution in [2.45, 2.75) is 12.6 Å². The Morgan fingerprint density at radius 1 is 1.47 bits per heavy atom. The summed E-state index contributed by atoms with van der Waals surface area (Å²) in [6, 6.07) is 2.12. The third kappa shape index (κ3) is 2.91. The van der Waals surface area contributed by atoms with Crippen molar-refractivity contribution in [1.29, 1.82) is 0 Å². The van der Waals surface area contributed by atoms with Gasteiger partial charge in [0.05, 0.1) is 5.56 Å². The zero-order valence-corrected chi connectivity index (χ0v) is 10.6. The van der Waals surface area contributed by atoms with Gasteiger partial charge in [-0.1, -0.05) is 15.9 Å². The highest BCUT2D eigenvalue weighted by Crippen LogP contribution is 2.32. The van der Waals surface area contributed by atoms with Crippen molar-refractivity contribution < 1.29 is 13.2 Å². The maximum atomic E-state index is 12.5. The minimum Gasteiger partial charge on any atom is -0.356 e. The van der Waals surface area contributed by atoms with Crippen LogP contribution in [0.4, 0.5) is 19.0 Å². The number of nitrogens with zero attached hydrogens (tertiary/aromatic N) is 2. The lowest BCUT2D eigenvalue weighted by Gasteiger charge is -2.18. The summed E-state index contributed by atoms with van der Waals surface area (Å²) in [5, 5.41) is 0.877. The second-order valence-electron chi connectivity index (χ2n) is 4.16. The monoisotopic (exact) mass is 308 g/mol. The van der Waals surface area contributed by atoms with Crippen LogP contribution in [0.15, 0.2) is 18.3 Å². The number of aromatic nitrogens is 1. The van der Waals surface area contributed by atoms with E-state index in [1.54, 1.807) is 0 Å². The van der Waals surface area contributed by atoms with E-state index in [1.165, 1.54) is 6.20 Å². The van der Waals surface area contributed by atoms with E-state index in [0.29, 0.717) is 11.7 Å². The van der Waals surface area contributed by atoms with Crippen LogP contribution in [0.25, 0.3) is 0 Å². The SMILES string of the molecule is FC(F)(F)c1ccnc(N2CCC(CBr)C2)c1. The van der Waals surface area contributed by atoms with Gasteiger partial charge < -0.3 is 4.90 Å². The zero-order valence-electron chi connectivity index (χ0n) is 9.04. The summed E-state index contributed by atoms with van der Waals surface area (Å²) < 4.78 is 37.6. The van der Waals surface area contributed by atoms with E-state index in [9.17, 15) is 13.2 Å². The molecule has 1 saturated heterocycles. The molecule has 1 aromatic rings. The zero-order chi connectivity index (χ0) is 12.5. The first-order valence-electron chi connectivity index (χ1n) is 5.35. The molecule has 2 nitrogen and oxygen atoms in total. The molecule has 0 bridgehead atoms. The number of alkyl halides is 4. The van der Waals surface area contributed by atoms with Crippen molar-refractivity contribution in [2.24, 2.45) is 5.92 Å². The summed E-state index contributed by atoms with van der Waals surface area (Å²) in [6.45, 7) is 1.53. The number of rotatable bonds is 2. The van der Waals surface area contributed by atoms with Gasteiger partial charge in [0.2, 0.25) is 0 Å². The number of anilines is 1. The van der Waals surface area contributed by atoms with Gasteiger partial charge in [-0.25, -0.2) is 4.98 Å². The van der Waals surface area contributed by atoms with Crippen LogP contribution in [-0.2, 0) is 6.18 Å². The molecule has 0 N–H and O–H groups in total. The van der Waals surface area contributed by atoms with E-state index in [-0.39, 0.29) is 0 Å². The first-order valence-corrected chi connectivity index (χ1v) is 6.47. The number of hydrogen-bond donors (Lipinski definition) is 0. The minimum absolute atomic E-state index is 0.420. The fourth-order valence-electron chi connectivity index (χ4n) is 1.93. The van der Waals surface area contributed by atoms with E-state index < -0.39 is 11.7 Å². The summed E-state index contributed by atoms with van der Waals surface area (Å²) >= 11 is 3.40. The second kappa shape index (κ2) is 4.84. The molecule has 0 aliphatic carbocycles. The molecule has 2 rings (SSSR count). The topological polar surface area (TPSA) is 16.1 Å². The molecule has 1 aromatic heterocycles. The van der Waals surface area contributed by atoms with Crippen LogP contribution in [0.3, 0.4) is 0 Å². The molecule has 1 atom stereocenters. The van der Waals surface area contributed by atoms with Gasteiger partial charge in [0.25, 0.3) is 0 Å². The smallest absolute Gasteiger partial charge is 0.356 e. The second-order valence-corrected chi connectivity index (χ2v) is 4.80. The van der Waals surface area contributed by atoms with Gasteiger partial charge in [-0.15, -0.1) is 0 Å². The molecule has 0 amide bonds. The lowest BCUT2D eigenvalue weighted by atomic mass is 10.2. The summed E-state index contributed by atoms with van der Waals surface area (Å²) in [6.07, 6.45) is -2.09.